The van der Waals surface area contributed by atoms with E-state index < -0.39 is 11.9 Å². The second-order valence-electron chi connectivity index (χ2n) is 7.07. The summed E-state index contributed by atoms with van der Waals surface area (Å²) < 4.78 is 5.41. The fraction of sp³-hybridized carbons (Fsp3) is 0.632. The van der Waals surface area contributed by atoms with E-state index in [4.69, 9.17) is 16.3 Å². The first-order chi connectivity index (χ1) is 12.6. The first kappa shape index (κ1) is 19.4. The Hall–Kier alpha value is -1.34. The Kier molecular flexibility index (Phi) is 7.14. The molecule has 2 saturated heterocycles. The molecule has 0 saturated carbocycles. The van der Waals surface area contributed by atoms with Gasteiger partial charge in [0.05, 0.1) is 19.1 Å². The molecule has 2 heterocycles. The van der Waals surface area contributed by atoms with E-state index in [1.165, 1.54) is 5.69 Å². The number of rotatable bonds is 6. The summed E-state index contributed by atoms with van der Waals surface area (Å²) in [6.45, 7) is 8.49. The lowest BCUT2D eigenvalue weighted by atomic mass is 10.1. The molecule has 0 aliphatic carbocycles. The van der Waals surface area contributed by atoms with Gasteiger partial charge < -0.3 is 19.6 Å². The predicted octanol–water partition coefficient (Wildman–Crippen LogP) is 1.89. The van der Waals surface area contributed by atoms with Crippen molar-refractivity contribution < 1.29 is 14.6 Å². The number of aliphatic carboxylic acids is 1. The molecule has 3 rings (SSSR count). The summed E-state index contributed by atoms with van der Waals surface area (Å²) in [6.07, 6.45) is 1.06. The fourth-order valence-corrected chi connectivity index (χ4v) is 3.83. The summed E-state index contributed by atoms with van der Waals surface area (Å²) in [5, 5.41) is 10.0. The van der Waals surface area contributed by atoms with Crippen LogP contribution in [0.25, 0.3) is 0 Å². The third kappa shape index (κ3) is 5.58. The Labute approximate surface area is 160 Å². The summed E-state index contributed by atoms with van der Waals surface area (Å²) >= 11 is 6.09. The van der Waals surface area contributed by atoms with Crippen LogP contribution in [-0.4, -0.2) is 86.4 Å². The van der Waals surface area contributed by atoms with Crippen LogP contribution in [-0.2, 0) is 9.53 Å². The second kappa shape index (κ2) is 9.55. The van der Waals surface area contributed by atoms with Crippen LogP contribution >= 0.6 is 11.6 Å². The largest absolute Gasteiger partial charge is 0.481 e. The van der Waals surface area contributed by atoms with Gasteiger partial charge in [-0.1, -0.05) is 17.7 Å². The number of carboxylic acids is 1. The van der Waals surface area contributed by atoms with Crippen LogP contribution in [0.4, 0.5) is 5.69 Å². The van der Waals surface area contributed by atoms with E-state index in [9.17, 15) is 9.90 Å². The highest BCUT2D eigenvalue weighted by Crippen LogP contribution is 2.20. The monoisotopic (exact) mass is 381 g/mol. The fourth-order valence-electron chi connectivity index (χ4n) is 3.65. The quantitative estimate of drug-likeness (QED) is 0.812. The van der Waals surface area contributed by atoms with Gasteiger partial charge in [-0.2, -0.15) is 0 Å². The first-order valence-electron chi connectivity index (χ1n) is 9.37. The van der Waals surface area contributed by atoms with Crippen LogP contribution in [0.3, 0.4) is 0 Å². The number of anilines is 1. The maximum absolute atomic E-state index is 11.2. The number of ether oxygens (including phenoxy) is 1. The Morgan fingerprint density at radius 1 is 1.15 bits per heavy atom. The molecule has 1 aromatic carbocycles. The zero-order chi connectivity index (χ0) is 18.4. The third-order valence-corrected chi connectivity index (χ3v) is 5.43. The van der Waals surface area contributed by atoms with Gasteiger partial charge in [-0.25, -0.2) is 0 Å². The zero-order valence-corrected chi connectivity index (χ0v) is 15.9. The van der Waals surface area contributed by atoms with Gasteiger partial charge in [-0.3, -0.25) is 9.69 Å². The highest BCUT2D eigenvalue weighted by Gasteiger charge is 2.24. The molecule has 0 spiro atoms. The Balaban J connectivity index is 1.38. The number of nitrogens with zero attached hydrogens (tertiary/aromatic N) is 3. The summed E-state index contributed by atoms with van der Waals surface area (Å²) in [5.41, 5.74) is 1.20. The molecule has 0 aromatic heterocycles. The van der Waals surface area contributed by atoms with Gasteiger partial charge in [0, 0.05) is 50.0 Å². The molecule has 7 heteroatoms. The van der Waals surface area contributed by atoms with E-state index in [0.717, 1.165) is 57.3 Å². The molecule has 2 aliphatic rings. The number of carboxylic acid groups (broad SMARTS) is 1. The van der Waals surface area contributed by atoms with Crippen LogP contribution in [0, 0.1) is 5.92 Å². The number of piperazine rings is 1. The minimum Gasteiger partial charge on any atom is -0.481 e. The maximum Gasteiger partial charge on any atom is 0.310 e. The zero-order valence-electron chi connectivity index (χ0n) is 15.1. The molecular weight excluding hydrogens is 354 g/mol. The van der Waals surface area contributed by atoms with Crippen molar-refractivity contribution in [3.63, 3.8) is 0 Å². The van der Waals surface area contributed by atoms with E-state index >= 15 is 0 Å². The van der Waals surface area contributed by atoms with Crippen molar-refractivity contribution in [2.24, 2.45) is 5.92 Å². The summed E-state index contributed by atoms with van der Waals surface area (Å²) in [6, 6.07) is 8.04. The van der Waals surface area contributed by atoms with E-state index in [1.54, 1.807) is 0 Å². The van der Waals surface area contributed by atoms with E-state index in [-0.39, 0.29) is 0 Å². The molecule has 0 amide bonds. The predicted molar refractivity (Wildman–Crippen MR) is 103 cm³/mol. The normalized spacial score (nSPS) is 23.0. The van der Waals surface area contributed by atoms with E-state index in [2.05, 4.69) is 20.8 Å². The first-order valence-corrected chi connectivity index (χ1v) is 9.75. The maximum atomic E-state index is 11.2. The van der Waals surface area contributed by atoms with Crippen molar-refractivity contribution >= 4 is 23.3 Å². The number of halogens is 1. The van der Waals surface area contributed by atoms with Crippen molar-refractivity contribution in [3.8, 4) is 0 Å². The van der Waals surface area contributed by atoms with Crippen LogP contribution < -0.4 is 4.90 Å². The average Bonchev–Trinajstić information content (AvgIpc) is 2.88. The lowest BCUT2D eigenvalue weighted by Crippen LogP contribution is -2.47. The van der Waals surface area contributed by atoms with Crippen molar-refractivity contribution in [1.29, 1.82) is 0 Å². The van der Waals surface area contributed by atoms with Gasteiger partial charge in [0.25, 0.3) is 0 Å². The number of carbonyl (C=O) groups is 1. The molecule has 6 nitrogen and oxygen atoms in total. The molecule has 1 aromatic rings. The molecule has 1 unspecified atom stereocenters. The van der Waals surface area contributed by atoms with Gasteiger partial charge in [-0.15, -0.1) is 0 Å². The highest BCUT2D eigenvalue weighted by molar-refractivity contribution is 6.30. The van der Waals surface area contributed by atoms with Crippen molar-refractivity contribution in [2.45, 2.75) is 6.42 Å². The molecule has 1 atom stereocenters. The van der Waals surface area contributed by atoms with Gasteiger partial charge >= 0.3 is 5.97 Å². The average molecular weight is 382 g/mol. The summed E-state index contributed by atoms with van der Waals surface area (Å²) in [4.78, 5) is 18.3. The van der Waals surface area contributed by atoms with E-state index in [1.807, 2.05) is 18.2 Å². The summed E-state index contributed by atoms with van der Waals surface area (Å²) in [7, 11) is 0. The Morgan fingerprint density at radius 2 is 1.92 bits per heavy atom. The van der Waals surface area contributed by atoms with Gasteiger partial charge in [0.2, 0.25) is 0 Å². The van der Waals surface area contributed by atoms with Crippen LogP contribution in [0.2, 0.25) is 5.02 Å². The van der Waals surface area contributed by atoms with Crippen LogP contribution in [0.5, 0.6) is 0 Å². The third-order valence-electron chi connectivity index (χ3n) is 5.19. The molecular formula is C19H28ClN3O3. The molecule has 144 valence electrons. The molecule has 26 heavy (non-hydrogen) atoms. The molecule has 0 radical (unpaired) electrons. The Morgan fingerprint density at radius 3 is 2.65 bits per heavy atom. The number of hydrogen-bond donors (Lipinski definition) is 1. The lowest BCUT2D eigenvalue weighted by Gasteiger charge is -2.36. The van der Waals surface area contributed by atoms with Crippen molar-refractivity contribution in [1.82, 2.24) is 9.80 Å². The van der Waals surface area contributed by atoms with Crippen LogP contribution in [0.15, 0.2) is 24.3 Å². The van der Waals surface area contributed by atoms with E-state index in [0.29, 0.717) is 19.8 Å². The molecule has 2 aliphatic heterocycles. The van der Waals surface area contributed by atoms with Gasteiger partial charge in [0.15, 0.2) is 0 Å². The second-order valence-corrected chi connectivity index (χ2v) is 7.51. The molecule has 0 bridgehead atoms. The SMILES string of the molecule is O=C(O)C1COCCN(CCCN2CCN(c3cccc(Cl)c3)CC2)C1. The highest BCUT2D eigenvalue weighted by atomic mass is 35.5. The summed E-state index contributed by atoms with van der Waals surface area (Å²) in [5.74, 6) is -1.16. The number of hydrogen-bond acceptors (Lipinski definition) is 5. The minimum absolute atomic E-state index is 0.331. The molecule has 2 fully saturated rings. The van der Waals surface area contributed by atoms with Gasteiger partial charge in [-0.05, 0) is 37.7 Å². The van der Waals surface area contributed by atoms with Crippen LogP contribution in [0.1, 0.15) is 6.42 Å². The number of benzene rings is 1. The van der Waals surface area contributed by atoms with Gasteiger partial charge in [0.1, 0.15) is 0 Å². The molecule has 1 N–H and O–H groups in total. The van der Waals surface area contributed by atoms with Crippen molar-refractivity contribution in [2.75, 3.05) is 70.5 Å². The van der Waals surface area contributed by atoms with Crippen molar-refractivity contribution in [3.05, 3.63) is 29.3 Å². The Bertz CT molecular complexity index is 593. The standard InChI is InChI=1S/C19H28ClN3O3/c20-17-3-1-4-18(13-17)23-9-7-21(8-10-23)5-2-6-22-11-12-26-15-16(14-22)19(24)25/h1,3-4,13,16H,2,5-12,14-15H2,(H,24,25). The minimum atomic E-state index is -0.756. The smallest absolute Gasteiger partial charge is 0.310 e. The topological polar surface area (TPSA) is 56.3 Å². The lowest BCUT2D eigenvalue weighted by molar-refractivity contribution is -0.143.